The Morgan fingerprint density at radius 2 is 1.78 bits per heavy atom. The highest BCUT2D eigenvalue weighted by Gasteiger charge is 2.19. The van der Waals surface area contributed by atoms with Crippen molar-refractivity contribution in [3.05, 3.63) is 93.5 Å². The molecule has 0 saturated carbocycles. The first-order valence-corrected chi connectivity index (χ1v) is 14.8. The smallest absolute Gasteiger partial charge is 0.445 e. The number of nitrogens with zero attached hydrogens (tertiary/aromatic N) is 5. The molecule has 0 radical (unpaired) electrons. The van der Waals surface area contributed by atoms with Crippen molar-refractivity contribution < 1.29 is 34.1 Å². The lowest BCUT2D eigenvalue weighted by atomic mass is 9.98. The van der Waals surface area contributed by atoms with Crippen LogP contribution < -0.4 is 16.3 Å². The normalized spacial score (nSPS) is 11.3. The first-order valence-electron chi connectivity index (χ1n) is 13.6. The predicted octanol–water partition coefficient (Wildman–Crippen LogP) is 3.72. The standard InChI is InChI=1S/C29H31N7O8S/c1-2-42-28-32-24-9-5-8-23(27(37)38)25(24)34(28)18-19-10-12-20(13-11-19)21-6-3-4-7-22(21)26(30)33-35(31)29(39)43-14-16-45-17-15-44-36(40)41/h3-13H,2,14-18,31H2,1H3,(H2,30,33)(H,37,38). The fourth-order valence-corrected chi connectivity index (χ4v) is 4.99. The number of hydrazone groups is 1. The molecule has 3 aromatic carbocycles. The third-order valence-electron chi connectivity index (χ3n) is 6.32. The number of carboxylic acids is 1. The number of hydrogen-bond donors (Lipinski definition) is 3. The molecule has 236 valence electrons. The largest absolute Gasteiger partial charge is 0.478 e. The monoisotopic (exact) mass is 637 g/mol. The third-order valence-corrected chi connectivity index (χ3v) is 7.23. The first kappa shape index (κ1) is 32.6. The average Bonchev–Trinajstić information content (AvgIpc) is 3.37. The maximum atomic E-state index is 12.3. The molecule has 16 heteroatoms. The molecule has 0 bridgehead atoms. The first-order chi connectivity index (χ1) is 21.7. The average molecular weight is 638 g/mol. The quantitative estimate of drug-likeness (QED) is 0.0324. The molecule has 5 N–H and O–H groups in total. The highest BCUT2D eigenvalue weighted by Crippen LogP contribution is 2.28. The number of carbonyl (C=O) groups is 2. The summed E-state index contributed by atoms with van der Waals surface area (Å²) in [4.78, 5) is 43.0. The Labute approximate surface area is 261 Å². The Bertz CT molecular complexity index is 1690. The molecule has 45 heavy (non-hydrogen) atoms. The van der Waals surface area contributed by atoms with Crippen molar-refractivity contribution in [2.45, 2.75) is 13.5 Å². The van der Waals surface area contributed by atoms with Crippen molar-refractivity contribution >= 4 is 40.7 Å². The number of hydrazine groups is 1. The minimum absolute atomic E-state index is 0.00652. The van der Waals surface area contributed by atoms with E-state index in [4.69, 9.17) is 21.1 Å². The predicted molar refractivity (Wildman–Crippen MR) is 167 cm³/mol. The number of imidazole rings is 1. The zero-order valence-electron chi connectivity index (χ0n) is 24.2. The SMILES string of the molecule is CCOc1nc2cccc(C(=O)O)c2n1Cc1ccc(-c2ccccc2/C(N)=N/N(N)C(=O)OCCSCCO[N+](=O)[O-])cc1. The molecule has 0 unspecified atom stereocenters. The van der Waals surface area contributed by atoms with E-state index in [9.17, 15) is 24.8 Å². The maximum Gasteiger partial charge on any atom is 0.445 e. The van der Waals surface area contributed by atoms with Crippen LogP contribution in [0.2, 0.25) is 0 Å². The molecule has 4 aromatic rings. The van der Waals surface area contributed by atoms with Gasteiger partial charge in [-0.3, -0.25) is 4.57 Å². The number of amidine groups is 1. The highest BCUT2D eigenvalue weighted by molar-refractivity contribution is 7.99. The molecule has 1 amide bonds. The van der Waals surface area contributed by atoms with Gasteiger partial charge in [0.1, 0.15) is 13.2 Å². The number of nitrogens with two attached hydrogens (primary N) is 2. The van der Waals surface area contributed by atoms with E-state index in [1.807, 2.05) is 43.3 Å². The van der Waals surface area contributed by atoms with Crippen LogP contribution in [0.15, 0.2) is 71.8 Å². The summed E-state index contributed by atoms with van der Waals surface area (Å²) in [6, 6.07) is 20.0. The second-order valence-electron chi connectivity index (χ2n) is 9.25. The van der Waals surface area contributed by atoms with E-state index in [1.54, 1.807) is 28.8 Å². The van der Waals surface area contributed by atoms with E-state index < -0.39 is 17.1 Å². The van der Waals surface area contributed by atoms with Gasteiger partial charge in [0.25, 0.3) is 11.1 Å². The van der Waals surface area contributed by atoms with Gasteiger partial charge in [-0.2, -0.15) is 16.7 Å². The molecule has 1 aromatic heterocycles. The van der Waals surface area contributed by atoms with E-state index >= 15 is 0 Å². The summed E-state index contributed by atoms with van der Waals surface area (Å²) < 4.78 is 12.5. The van der Waals surface area contributed by atoms with E-state index in [1.165, 1.54) is 17.8 Å². The number of fused-ring (bicyclic) bond motifs is 1. The zero-order chi connectivity index (χ0) is 32.3. The summed E-state index contributed by atoms with van der Waals surface area (Å²) >= 11 is 1.31. The lowest BCUT2D eigenvalue weighted by Gasteiger charge is -2.14. The number of benzene rings is 3. The molecule has 15 nitrogen and oxygen atoms in total. The summed E-state index contributed by atoms with van der Waals surface area (Å²) in [6.07, 6.45) is -0.925. The van der Waals surface area contributed by atoms with Gasteiger partial charge in [0.15, 0.2) is 5.84 Å². The second-order valence-corrected chi connectivity index (χ2v) is 10.5. The number of ether oxygens (including phenoxy) is 2. The number of aromatic nitrogens is 2. The topological polar surface area (TPSA) is 211 Å². The number of amides is 1. The molecule has 0 aliphatic carbocycles. The molecule has 4 rings (SSSR count). The lowest BCUT2D eigenvalue weighted by Crippen LogP contribution is -2.36. The summed E-state index contributed by atoms with van der Waals surface area (Å²) in [5, 5.41) is 23.5. The van der Waals surface area contributed by atoms with Gasteiger partial charge >= 0.3 is 12.1 Å². The van der Waals surface area contributed by atoms with Crippen LogP contribution in [0.1, 0.15) is 28.4 Å². The van der Waals surface area contributed by atoms with Gasteiger partial charge in [0.2, 0.25) is 0 Å². The Morgan fingerprint density at radius 1 is 1.07 bits per heavy atom. The maximum absolute atomic E-state index is 12.3. The van der Waals surface area contributed by atoms with Crippen molar-refractivity contribution in [1.82, 2.24) is 14.7 Å². The molecular weight excluding hydrogens is 606 g/mol. The van der Waals surface area contributed by atoms with Gasteiger partial charge in [-0.05, 0) is 35.7 Å². The van der Waals surface area contributed by atoms with Crippen LogP contribution in [-0.2, 0) is 16.1 Å². The second kappa shape index (κ2) is 15.4. The molecule has 0 fully saturated rings. The molecule has 0 aliphatic heterocycles. The van der Waals surface area contributed by atoms with E-state index in [0.717, 1.165) is 16.7 Å². The van der Waals surface area contributed by atoms with Crippen LogP contribution in [0.3, 0.4) is 0 Å². The van der Waals surface area contributed by atoms with Crippen LogP contribution in [-0.4, -0.2) is 74.1 Å². The number of hydrogen-bond acceptors (Lipinski definition) is 11. The fourth-order valence-electron chi connectivity index (χ4n) is 4.39. The minimum atomic E-state index is -1.06. The molecule has 0 saturated heterocycles. The van der Waals surface area contributed by atoms with Crippen LogP contribution in [0.25, 0.3) is 22.2 Å². The van der Waals surface area contributed by atoms with Crippen LogP contribution >= 0.6 is 11.8 Å². The lowest BCUT2D eigenvalue weighted by molar-refractivity contribution is -0.756. The zero-order valence-corrected chi connectivity index (χ0v) is 25.0. The Morgan fingerprint density at radius 3 is 2.49 bits per heavy atom. The minimum Gasteiger partial charge on any atom is -0.478 e. The Hall–Kier alpha value is -5.35. The van der Waals surface area contributed by atoms with E-state index in [2.05, 4.69) is 14.9 Å². The fraction of sp³-hybridized carbons (Fsp3) is 0.241. The van der Waals surface area contributed by atoms with Gasteiger partial charge < -0.3 is 25.2 Å². The van der Waals surface area contributed by atoms with Gasteiger partial charge in [0.05, 0.1) is 29.7 Å². The van der Waals surface area contributed by atoms with Gasteiger partial charge in [-0.15, -0.1) is 20.3 Å². The van der Waals surface area contributed by atoms with Crippen molar-refractivity contribution in [1.29, 1.82) is 0 Å². The number of rotatable bonds is 15. The van der Waals surface area contributed by atoms with Crippen molar-refractivity contribution in [3.63, 3.8) is 0 Å². The van der Waals surface area contributed by atoms with E-state index in [-0.39, 0.29) is 24.6 Å². The summed E-state index contributed by atoms with van der Waals surface area (Å²) in [7, 11) is 0. The summed E-state index contributed by atoms with van der Waals surface area (Å²) in [5.74, 6) is 5.42. The van der Waals surface area contributed by atoms with Gasteiger partial charge in [-0.25, -0.2) is 15.4 Å². The summed E-state index contributed by atoms with van der Waals surface area (Å²) in [6.45, 7) is 2.45. The molecule has 1 heterocycles. The number of para-hydroxylation sites is 1. The summed E-state index contributed by atoms with van der Waals surface area (Å²) in [5.41, 5.74) is 10.3. The van der Waals surface area contributed by atoms with Crippen molar-refractivity contribution in [3.8, 4) is 17.1 Å². The van der Waals surface area contributed by atoms with Gasteiger partial charge in [0, 0.05) is 17.1 Å². The number of carboxylic acid groups (broad SMARTS) is 1. The van der Waals surface area contributed by atoms with Gasteiger partial charge in [-0.1, -0.05) is 54.6 Å². The van der Waals surface area contributed by atoms with E-state index in [0.29, 0.717) is 52.4 Å². The molecular formula is C29H31N7O8S. The third kappa shape index (κ3) is 8.39. The number of aromatic carboxylic acids is 1. The highest BCUT2D eigenvalue weighted by atomic mass is 32.2. The Kier molecular flexibility index (Phi) is 11.1. The van der Waals surface area contributed by atoms with Crippen LogP contribution in [0, 0.1) is 10.1 Å². The van der Waals surface area contributed by atoms with Crippen molar-refractivity contribution in [2.75, 3.05) is 31.3 Å². The Balaban J connectivity index is 1.47. The molecule has 0 aliphatic rings. The number of thioether (sulfide) groups is 1. The van der Waals surface area contributed by atoms with Crippen molar-refractivity contribution in [2.24, 2.45) is 16.7 Å². The number of carbonyl (C=O) groups excluding carboxylic acids is 1. The van der Waals surface area contributed by atoms with Crippen LogP contribution in [0.5, 0.6) is 6.01 Å². The molecule has 0 atom stereocenters. The molecule has 0 spiro atoms. The van der Waals surface area contributed by atoms with Crippen LogP contribution in [0.4, 0.5) is 4.79 Å².